The monoisotopic (exact) mass is 1400 g/mol. The molecule has 6 heterocycles. The number of alkyl carbamates (subject to hydrolysis) is 1. The van der Waals surface area contributed by atoms with Gasteiger partial charge in [-0.15, -0.1) is 0 Å². The number of rotatable bonds is 32. The van der Waals surface area contributed by atoms with Crippen LogP contribution in [0.2, 0.25) is 0 Å². The largest absolute Gasteiger partial charge is 0.447 e. The summed E-state index contributed by atoms with van der Waals surface area (Å²) in [7, 11) is -4.21. The summed E-state index contributed by atoms with van der Waals surface area (Å²) in [6, 6.07) is -5.11. The number of ether oxygens (including phenoxy) is 15. The van der Waals surface area contributed by atoms with Crippen molar-refractivity contribution >= 4 is 31.4 Å². The minimum atomic E-state index is -4.21. The van der Waals surface area contributed by atoms with Crippen LogP contribution in [0.5, 0.6) is 0 Å². The van der Waals surface area contributed by atoms with Crippen molar-refractivity contribution in [1.82, 2.24) is 21.3 Å². The third kappa shape index (κ3) is 20.9. The summed E-state index contributed by atoms with van der Waals surface area (Å²) >= 11 is 0. The van der Waals surface area contributed by atoms with Crippen molar-refractivity contribution in [2.45, 2.75) is 205 Å². The first-order valence-electron chi connectivity index (χ1n) is 29.7. The summed E-state index contributed by atoms with van der Waals surface area (Å²) < 4.78 is 96.5. The topological polar surface area (TPSA) is 636 Å². The van der Waals surface area contributed by atoms with E-state index in [0.29, 0.717) is 0 Å². The summed E-state index contributed by atoms with van der Waals surface area (Å²) in [5.41, 5.74) is 0. The summed E-state index contributed by atoms with van der Waals surface area (Å²) in [5, 5.41) is 185. The minimum absolute atomic E-state index is 0.0188. The second kappa shape index (κ2) is 37.2. The molecule has 0 aliphatic carbocycles. The number of nitrogens with one attached hydrogen (secondary N) is 4. The molecule has 6 aliphatic rings. The molecule has 42 nitrogen and oxygen atoms in total. The zero-order chi connectivity index (χ0) is 69.5. The van der Waals surface area contributed by atoms with Crippen molar-refractivity contribution in [2.75, 3.05) is 92.0 Å². The van der Waals surface area contributed by atoms with E-state index in [-0.39, 0.29) is 46.2 Å². The Morgan fingerprint density at radius 2 is 0.734 bits per heavy atom. The van der Waals surface area contributed by atoms with E-state index >= 15 is 0 Å². The molecule has 0 aromatic heterocycles. The van der Waals surface area contributed by atoms with Gasteiger partial charge >= 0.3 is 13.7 Å². The molecular weight excluding hydrogens is 1310 g/mol. The smallest absolute Gasteiger partial charge is 0.407 e. The molecule has 4 amide bonds. The maximum Gasteiger partial charge on any atom is 0.407 e. The second-order valence-corrected chi connectivity index (χ2v) is 24.3. The first-order chi connectivity index (χ1) is 44.5. The molecule has 43 heteroatoms. The predicted molar refractivity (Wildman–Crippen MR) is 296 cm³/mol. The normalized spacial score (nSPS) is 41.3. The Balaban J connectivity index is 1.14. The van der Waals surface area contributed by atoms with Crippen LogP contribution in [0.3, 0.4) is 0 Å². The Morgan fingerprint density at radius 3 is 1.19 bits per heavy atom. The van der Waals surface area contributed by atoms with E-state index in [2.05, 4.69) is 21.3 Å². The number of carbonyl (C=O) groups excluding carboxylic acids is 4. The standard InChI is InChI=1S/C51H89N4O38P/c1-18(62)53-27-33(68)40(24(15-59)86-45(27)81-5-4-52-51(75)82-9-8-79-6-7-80-10-11-94(76,77)78)89-46-28(54-19(2)63)34(69)42(26(17-61)87-46)91-49-39(74)43(32(67)23(14-58)84-49)92-50-44(37(72)31(66)22(13-57)85-50)93-47-29(55-20(3)64)35(70)41(25(16-60)88-47)90-48-38(73)36(71)30(65)21(12-56)83-48/h21-50,56-61,65-74H,4-17H2,1-3H3,(H,52,75)(H,53,62)(H,54,63)(H,55,64)(H2,76,77,78)/t21?,22-,23?,24?,25?,26?,27?,28?,29?,30-,31+,32+,33+,34+,35+,36-,37?,38?,39?,40+,41+,42+,43-,44?,45+,46-,47-,48-,49-,50+/m0/s1. The van der Waals surface area contributed by atoms with Gasteiger partial charge in [0, 0.05) is 27.3 Å². The van der Waals surface area contributed by atoms with Crippen molar-refractivity contribution < 1.29 is 186 Å². The van der Waals surface area contributed by atoms with Crippen molar-refractivity contribution in [2.24, 2.45) is 0 Å². The van der Waals surface area contributed by atoms with E-state index in [9.17, 15) is 105 Å². The Hall–Kier alpha value is -3.37. The number of amides is 4. The highest BCUT2D eigenvalue weighted by Gasteiger charge is 2.59. The zero-order valence-electron chi connectivity index (χ0n) is 50.9. The Bertz CT molecular complexity index is 2380. The molecular formula is C51H89N4O38P. The van der Waals surface area contributed by atoms with E-state index in [1.807, 2.05) is 0 Å². The maximum atomic E-state index is 12.8. The number of hydrogen-bond donors (Lipinski definition) is 22. The summed E-state index contributed by atoms with van der Waals surface area (Å²) in [4.78, 5) is 67.9. The van der Waals surface area contributed by atoms with Gasteiger partial charge in [-0.2, -0.15) is 0 Å². The number of hydrogen-bond acceptors (Lipinski definition) is 36. The molecule has 12 unspecified atom stereocenters. The predicted octanol–water partition coefficient (Wildman–Crippen LogP) is -13.7. The molecule has 0 bridgehead atoms. The molecule has 0 spiro atoms. The number of carbonyl (C=O) groups is 4. The highest BCUT2D eigenvalue weighted by Crippen LogP contribution is 2.38. The minimum Gasteiger partial charge on any atom is -0.447 e. The Morgan fingerprint density at radius 1 is 0.372 bits per heavy atom. The van der Waals surface area contributed by atoms with Gasteiger partial charge in [0.2, 0.25) is 17.7 Å². The highest BCUT2D eigenvalue weighted by atomic mass is 31.2. The van der Waals surface area contributed by atoms with Crippen molar-refractivity contribution in [3.63, 3.8) is 0 Å². The number of aliphatic hydroxyl groups excluding tert-OH is 16. The first-order valence-corrected chi connectivity index (χ1v) is 31.5. The van der Waals surface area contributed by atoms with Crippen LogP contribution in [0.4, 0.5) is 4.79 Å². The molecule has 94 heavy (non-hydrogen) atoms. The molecule has 0 radical (unpaired) electrons. The van der Waals surface area contributed by atoms with Crippen LogP contribution in [0.15, 0.2) is 0 Å². The highest BCUT2D eigenvalue weighted by molar-refractivity contribution is 7.51. The fraction of sp³-hybridized carbons (Fsp3) is 0.922. The molecule has 6 aliphatic heterocycles. The average Bonchev–Trinajstić information content (AvgIpc) is 0.775. The van der Waals surface area contributed by atoms with Gasteiger partial charge in [0.25, 0.3) is 0 Å². The lowest BCUT2D eigenvalue weighted by Crippen LogP contribution is -2.71. The lowest BCUT2D eigenvalue weighted by Gasteiger charge is -2.51. The average molecular weight is 1400 g/mol. The summed E-state index contributed by atoms with van der Waals surface area (Å²) in [6.45, 7) is -3.99. The third-order valence-corrected chi connectivity index (χ3v) is 16.4. The first kappa shape index (κ1) is 79.6. The lowest BCUT2D eigenvalue weighted by atomic mass is 9.93. The van der Waals surface area contributed by atoms with E-state index in [1.165, 1.54) is 0 Å². The van der Waals surface area contributed by atoms with E-state index < -0.39 is 261 Å². The fourth-order valence-electron chi connectivity index (χ4n) is 10.9. The van der Waals surface area contributed by atoms with Crippen LogP contribution < -0.4 is 21.3 Å². The zero-order valence-corrected chi connectivity index (χ0v) is 51.8. The van der Waals surface area contributed by atoms with Crippen LogP contribution in [0.1, 0.15) is 20.8 Å². The quantitative estimate of drug-likeness (QED) is 0.0220. The third-order valence-electron chi connectivity index (χ3n) is 15.6. The van der Waals surface area contributed by atoms with Gasteiger partial charge in [-0.25, -0.2) is 4.79 Å². The summed E-state index contributed by atoms with van der Waals surface area (Å²) in [5.74, 6) is -2.46. The molecule has 6 fully saturated rings. The fourth-order valence-corrected chi connectivity index (χ4v) is 11.3. The van der Waals surface area contributed by atoms with Gasteiger partial charge in [-0.3, -0.25) is 18.9 Å². The van der Waals surface area contributed by atoms with Gasteiger partial charge in [0.15, 0.2) is 37.7 Å². The van der Waals surface area contributed by atoms with Crippen LogP contribution in [0.25, 0.3) is 0 Å². The molecule has 0 aromatic rings. The van der Waals surface area contributed by atoms with Crippen molar-refractivity contribution in [1.29, 1.82) is 0 Å². The Labute approximate surface area is 534 Å². The van der Waals surface area contributed by atoms with Crippen LogP contribution in [0, 0.1) is 0 Å². The molecule has 0 aromatic carbocycles. The van der Waals surface area contributed by atoms with Gasteiger partial charge in [-0.05, 0) is 0 Å². The van der Waals surface area contributed by atoms with Crippen LogP contribution >= 0.6 is 7.60 Å². The number of aliphatic hydroxyl groups is 16. The van der Waals surface area contributed by atoms with Gasteiger partial charge < -0.3 is 184 Å². The van der Waals surface area contributed by atoms with Gasteiger partial charge in [0.1, 0.15) is 153 Å². The Kier molecular flexibility index (Phi) is 31.5. The second-order valence-electron chi connectivity index (χ2n) is 22.5. The SMILES string of the molecule is CC(=O)NC1[C@H](OCCNC(=O)OCCOCCOCCP(=O)(O)O)OC(CO)[C@@H](O[C@@H]2OC(CO)[C@@H](O[C@@H]3OC(CO)[C@@H](O)[C@H](O[C@H]4O[C@@H](CO)[C@@H](O)C(O)C4O[C@@H]4OC(CO)[C@@H](O[C@@H]5OC(CO)[C@H](O)[C@H](O)C5O)[C@H](O)C4NC(C)=O)C3O)[C@H](O)C2NC(C)=O)[C@@H]1O. The lowest BCUT2D eigenvalue weighted by molar-refractivity contribution is -0.395. The van der Waals surface area contributed by atoms with Gasteiger partial charge in [0.05, 0.1) is 78.8 Å². The molecule has 6 rings (SSSR count). The van der Waals surface area contributed by atoms with Crippen LogP contribution in [-0.2, 0) is 90.0 Å². The van der Waals surface area contributed by atoms with Gasteiger partial charge in [-0.1, -0.05) is 0 Å². The molecule has 546 valence electrons. The van der Waals surface area contributed by atoms with E-state index in [0.717, 1.165) is 20.8 Å². The molecule has 0 saturated carbocycles. The molecule has 30 atom stereocenters. The van der Waals surface area contributed by atoms with E-state index in [1.54, 1.807) is 0 Å². The van der Waals surface area contributed by atoms with Crippen LogP contribution in [-0.4, -0.2) is 391 Å². The maximum absolute atomic E-state index is 12.8. The summed E-state index contributed by atoms with van der Waals surface area (Å²) in [6.07, 6.45) is -53.6. The van der Waals surface area contributed by atoms with E-state index in [4.69, 9.17) is 80.8 Å². The van der Waals surface area contributed by atoms with Crippen molar-refractivity contribution in [3.05, 3.63) is 0 Å². The molecule has 6 saturated heterocycles. The molecule has 22 N–H and O–H groups in total. The van der Waals surface area contributed by atoms with Crippen molar-refractivity contribution in [3.8, 4) is 0 Å².